The predicted molar refractivity (Wildman–Crippen MR) is 57.5 cm³/mol. The van der Waals surface area contributed by atoms with Crippen molar-refractivity contribution in [3.05, 3.63) is 35.4 Å². The van der Waals surface area contributed by atoms with Gasteiger partial charge < -0.3 is 0 Å². The van der Waals surface area contributed by atoms with E-state index >= 15 is 0 Å². The number of hydrogen-bond donors (Lipinski definition) is 0. The highest BCUT2D eigenvalue weighted by Gasteiger charge is 2.58. The number of aliphatic imine (C=N–C) groups is 1. The Labute approximate surface area is 106 Å². The largest absolute Gasteiger partial charge is 0.458 e. The van der Waals surface area contributed by atoms with Crippen LogP contribution < -0.4 is 0 Å². The molecule has 1 rings (SSSR count). The van der Waals surface area contributed by atoms with E-state index in [0.717, 1.165) is 12.1 Å². The van der Waals surface area contributed by atoms with E-state index in [9.17, 15) is 26.7 Å². The first-order chi connectivity index (χ1) is 8.52. The van der Waals surface area contributed by atoms with E-state index in [1.54, 1.807) is 0 Å². The molecular formula is C12H10F5NO. The second kappa shape index (κ2) is 4.74. The lowest BCUT2D eigenvalue weighted by atomic mass is 9.93. The first kappa shape index (κ1) is 15.3. The van der Waals surface area contributed by atoms with E-state index in [1.165, 1.54) is 19.9 Å². The van der Waals surface area contributed by atoms with Crippen molar-refractivity contribution in [3.8, 4) is 0 Å². The van der Waals surface area contributed by atoms with Crippen LogP contribution in [0.15, 0.2) is 29.3 Å². The van der Waals surface area contributed by atoms with Gasteiger partial charge in [0.15, 0.2) is 0 Å². The molecule has 0 heterocycles. The van der Waals surface area contributed by atoms with Crippen molar-refractivity contribution in [2.45, 2.75) is 31.5 Å². The lowest BCUT2D eigenvalue weighted by Crippen LogP contribution is -2.33. The zero-order chi connectivity index (χ0) is 14.9. The highest BCUT2D eigenvalue weighted by Crippen LogP contribution is 2.44. The summed E-state index contributed by atoms with van der Waals surface area (Å²) in [6.07, 6.45) is -4.33. The molecule has 0 fully saturated rings. The summed E-state index contributed by atoms with van der Waals surface area (Å²) in [5, 5.41) is 0. The van der Waals surface area contributed by atoms with Gasteiger partial charge in [0, 0.05) is 5.56 Å². The highest BCUT2D eigenvalue weighted by molar-refractivity contribution is 5.38. The molecule has 0 unspecified atom stereocenters. The molecule has 0 saturated carbocycles. The summed E-state index contributed by atoms with van der Waals surface area (Å²) in [6, 6.07) is 3.50. The fraction of sp³-hybridized carbons (Fsp3) is 0.417. The smallest absolute Gasteiger partial charge is 0.211 e. The Bertz CT molecular complexity index is 498. The van der Waals surface area contributed by atoms with Gasteiger partial charge >= 0.3 is 12.1 Å². The monoisotopic (exact) mass is 279 g/mol. The molecule has 0 spiro atoms. The SMILES string of the molecule is CC(C)(N=C=O)c1ccc(C(F)(F)C(F)(F)F)cc1. The topological polar surface area (TPSA) is 29.4 Å². The number of hydrogen-bond acceptors (Lipinski definition) is 2. The van der Waals surface area contributed by atoms with Crippen molar-refractivity contribution in [3.63, 3.8) is 0 Å². The molecule has 0 atom stereocenters. The molecule has 0 N–H and O–H groups in total. The molecule has 2 nitrogen and oxygen atoms in total. The predicted octanol–water partition coefficient (Wildman–Crippen LogP) is 3.91. The minimum absolute atomic E-state index is 0.331. The van der Waals surface area contributed by atoms with Crippen molar-refractivity contribution in [1.82, 2.24) is 0 Å². The van der Waals surface area contributed by atoms with E-state index in [0.29, 0.717) is 17.7 Å². The van der Waals surface area contributed by atoms with E-state index in [-0.39, 0.29) is 0 Å². The number of benzene rings is 1. The fourth-order valence-corrected chi connectivity index (χ4v) is 1.43. The van der Waals surface area contributed by atoms with Crippen LogP contribution in [-0.4, -0.2) is 12.3 Å². The van der Waals surface area contributed by atoms with Crippen LogP contribution in [0, 0.1) is 0 Å². The van der Waals surface area contributed by atoms with Gasteiger partial charge in [0.1, 0.15) is 0 Å². The van der Waals surface area contributed by atoms with Gasteiger partial charge in [-0.15, -0.1) is 0 Å². The zero-order valence-electron chi connectivity index (χ0n) is 10.1. The number of isocyanates is 1. The van der Waals surface area contributed by atoms with Gasteiger partial charge in [0.05, 0.1) is 5.54 Å². The summed E-state index contributed by atoms with van der Waals surface area (Å²) in [7, 11) is 0. The van der Waals surface area contributed by atoms with Crippen molar-refractivity contribution >= 4 is 6.08 Å². The minimum Gasteiger partial charge on any atom is -0.211 e. The average molecular weight is 279 g/mol. The molecule has 0 aliphatic carbocycles. The van der Waals surface area contributed by atoms with Crippen molar-refractivity contribution < 1.29 is 26.7 Å². The van der Waals surface area contributed by atoms with Crippen LogP contribution in [0.1, 0.15) is 25.0 Å². The number of rotatable bonds is 3. The van der Waals surface area contributed by atoms with Crippen LogP contribution in [0.5, 0.6) is 0 Å². The summed E-state index contributed by atoms with van der Waals surface area (Å²) in [5.74, 6) is -4.91. The second-order valence-corrected chi connectivity index (χ2v) is 4.41. The maximum absolute atomic E-state index is 13.0. The van der Waals surface area contributed by atoms with Gasteiger partial charge in [0.25, 0.3) is 0 Å². The van der Waals surface area contributed by atoms with E-state index in [2.05, 4.69) is 4.99 Å². The molecule has 1 aromatic carbocycles. The molecule has 19 heavy (non-hydrogen) atoms. The van der Waals surface area contributed by atoms with Gasteiger partial charge in [-0.05, 0) is 19.4 Å². The first-order valence-electron chi connectivity index (χ1n) is 5.17. The Morgan fingerprint density at radius 1 is 0.947 bits per heavy atom. The summed E-state index contributed by atoms with van der Waals surface area (Å²) >= 11 is 0. The Hall–Kier alpha value is -1.75. The normalized spacial score (nSPS) is 13.0. The number of nitrogens with zero attached hydrogens (tertiary/aromatic N) is 1. The lowest BCUT2D eigenvalue weighted by Gasteiger charge is -2.22. The molecule has 0 bridgehead atoms. The third kappa shape index (κ3) is 2.98. The standard InChI is InChI=1S/C12H10F5NO/c1-10(2,18-7-19)8-3-5-9(6-4-8)11(13,14)12(15,16)17/h3-6H,1-2H3. The average Bonchev–Trinajstić information content (AvgIpc) is 2.27. The molecule has 0 aromatic heterocycles. The molecule has 0 amide bonds. The van der Waals surface area contributed by atoms with Gasteiger partial charge in [-0.25, -0.2) is 4.79 Å². The van der Waals surface area contributed by atoms with Crippen molar-refractivity contribution in [1.29, 1.82) is 0 Å². The van der Waals surface area contributed by atoms with Crippen molar-refractivity contribution in [2.75, 3.05) is 0 Å². The summed E-state index contributed by atoms with van der Waals surface area (Å²) in [4.78, 5) is 13.6. The van der Waals surface area contributed by atoms with Crippen LogP contribution in [0.3, 0.4) is 0 Å². The summed E-state index contributed by atoms with van der Waals surface area (Å²) in [6.45, 7) is 3.02. The van der Waals surface area contributed by atoms with Crippen LogP contribution in [0.4, 0.5) is 22.0 Å². The number of carbonyl (C=O) groups excluding carboxylic acids is 1. The number of halogens is 5. The van der Waals surface area contributed by atoms with Crippen LogP contribution in [0.2, 0.25) is 0 Å². The van der Waals surface area contributed by atoms with Gasteiger partial charge in [-0.1, -0.05) is 24.3 Å². The summed E-state index contributed by atoms with van der Waals surface area (Å²) < 4.78 is 62.5. The van der Waals surface area contributed by atoms with Gasteiger partial charge in [-0.2, -0.15) is 26.9 Å². The van der Waals surface area contributed by atoms with Gasteiger partial charge in [-0.3, -0.25) is 0 Å². The molecule has 0 radical (unpaired) electrons. The van der Waals surface area contributed by atoms with E-state index < -0.39 is 23.2 Å². The minimum atomic E-state index is -5.65. The molecule has 0 saturated heterocycles. The summed E-state index contributed by atoms with van der Waals surface area (Å²) in [5.41, 5.74) is -1.86. The fourth-order valence-electron chi connectivity index (χ4n) is 1.43. The maximum atomic E-state index is 13.0. The van der Waals surface area contributed by atoms with Crippen LogP contribution in [0.25, 0.3) is 0 Å². The number of alkyl halides is 5. The maximum Gasteiger partial charge on any atom is 0.458 e. The highest BCUT2D eigenvalue weighted by atomic mass is 19.4. The Morgan fingerprint density at radius 3 is 1.74 bits per heavy atom. The zero-order valence-corrected chi connectivity index (χ0v) is 10.1. The Morgan fingerprint density at radius 2 is 1.37 bits per heavy atom. The van der Waals surface area contributed by atoms with Gasteiger partial charge in [0.2, 0.25) is 6.08 Å². The van der Waals surface area contributed by atoms with Crippen molar-refractivity contribution in [2.24, 2.45) is 4.99 Å². The lowest BCUT2D eigenvalue weighted by molar-refractivity contribution is -0.289. The molecule has 104 valence electrons. The first-order valence-corrected chi connectivity index (χ1v) is 5.17. The van der Waals surface area contributed by atoms with E-state index in [4.69, 9.17) is 0 Å². The Balaban J connectivity index is 3.17. The Kier molecular flexibility index (Phi) is 3.82. The van der Waals surface area contributed by atoms with Crippen LogP contribution >= 0.6 is 0 Å². The molecule has 0 aliphatic heterocycles. The molecular weight excluding hydrogens is 269 g/mol. The molecule has 1 aromatic rings. The van der Waals surface area contributed by atoms with Crippen LogP contribution in [-0.2, 0) is 16.3 Å². The molecule has 0 aliphatic rings. The third-order valence-electron chi connectivity index (χ3n) is 2.64. The second-order valence-electron chi connectivity index (χ2n) is 4.41. The van der Waals surface area contributed by atoms with E-state index in [1.807, 2.05) is 0 Å². The molecule has 7 heteroatoms. The third-order valence-corrected chi connectivity index (χ3v) is 2.64. The quantitative estimate of drug-likeness (QED) is 0.468.